The number of fused-ring (bicyclic) bond motifs is 4. The number of carbonyl (C=O) groups excluding carboxylic acids is 2. The molecule has 2 spiro atoms. The highest BCUT2D eigenvalue weighted by Crippen LogP contribution is 2.90. The molecular formula is C36H54NO7. The molecule has 7 rings (SSSR count). The van der Waals surface area contributed by atoms with Crippen molar-refractivity contribution in [3.63, 3.8) is 0 Å². The van der Waals surface area contributed by atoms with E-state index >= 15 is 0 Å². The fraction of sp³-hybridized carbons (Fsp3) is 0.861. The molecule has 2 N–H and O–H groups in total. The van der Waals surface area contributed by atoms with Crippen LogP contribution >= 0.6 is 0 Å². The van der Waals surface area contributed by atoms with Gasteiger partial charge in [0.15, 0.2) is 6.10 Å². The van der Waals surface area contributed by atoms with Gasteiger partial charge in [-0.25, -0.2) is 4.79 Å². The third-order valence-corrected chi connectivity index (χ3v) is 14.6. The molecule has 44 heavy (non-hydrogen) atoms. The molecule has 7 fully saturated rings. The van der Waals surface area contributed by atoms with Crippen molar-refractivity contribution in [3.8, 4) is 0 Å². The fourth-order valence-corrected chi connectivity index (χ4v) is 12.3. The number of nitrogens with zero attached hydrogens (tertiary/aromatic N) is 1. The molecule has 2 aliphatic heterocycles. The number of rotatable bonds is 4. The number of carbonyl (C=O) groups is 2. The van der Waals surface area contributed by atoms with Crippen LogP contribution in [0.3, 0.4) is 0 Å². The molecular weight excluding hydrogens is 558 g/mol. The van der Waals surface area contributed by atoms with Crippen molar-refractivity contribution in [1.29, 1.82) is 0 Å². The highest BCUT2D eigenvalue weighted by Gasteiger charge is 2.85. The van der Waals surface area contributed by atoms with Crippen molar-refractivity contribution in [2.45, 2.75) is 137 Å². The SMILES string of the molecule is CC(=O)O[C@@H]([C]1C[C@@H](C)[C@H]2[C](O1)[C@H](O)[C@@]1(C)[C]3CC[C@H]4C(C)(C)C(OC(=O)N5CCC5)CC[C@@]45C[C@@]35CC[C@]21C)C(C)(C)O. The monoisotopic (exact) mass is 612 g/mol. The van der Waals surface area contributed by atoms with Gasteiger partial charge in [-0.2, -0.15) is 0 Å². The molecule has 8 nitrogen and oxygen atoms in total. The van der Waals surface area contributed by atoms with Gasteiger partial charge in [-0.15, -0.1) is 0 Å². The molecule has 2 heterocycles. The lowest BCUT2D eigenvalue weighted by Gasteiger charge is -2.63. The molecule has 0 aromatic heterocycles. The summed E-state index contributed by atoms with van der Waals surface area (Å²) in [5.41, 5.74) is -1.68. The minimum Gasteiger partial charge on any atom is -0.456 e. The van der Waals surface area contributed by atoms with Gasteiger partial charge in [-0.3, -0.25) is 4.79 Å². The smallest absolute Gasteiger partial charge is 0.410 e. The first-order valence-corrected chi connectivity index (χ1v) is 17.2. The van der Waals surface area contributed by atoms with Gasteiger partial charge in [0.2, 0.25) is 0 Å². The van der Waals surface area contributed by atoms with E-state index in [9.17, 15) is 19.8 Å². The van der Waals surface area contributed by atoms with Crippen LogP contribution in [0.4, 0.5) is 4.79 Å². The zero-order valence-electron chi connectivity index (χ0n) is 28.1. The average Bonchev–Trinajstić information content (AvgIpc) is 3.52. The summed E-state index contributed by atoms with van der Waals surface area (Å²) in [6.07, 6.45) is 8.38. The van der Waals surface area contributed by atoms with Crippen LogP contribution in [-0.2, 0) is 19.0 Å². The van der Waals surface area contributed by atoms with E-state index in [1.165, 1.54) is 13.3 Å². The van der Waals surface area contributed by atoms with Crippen LogP contribution in [0.5, 0.6) is 0 Å². The van der Waals surface area contributed by atoms with Crippen LogP contribution in [0.1, 0.15) is 113 Å². The van der Waals surface area contributed by atoms with Crippen LogP contribution in [0.25, 0.3) is 0 Å². The van der Waals surface area contributed by atoms with E-state index in [0.717, 1.165) is 58.0 Å². The quantitative estimate of drug-likeness (QED) is 0.375. The zero-order valence-corrected chi connectivity index (χ0v) is 28.1. The Kier molecular flexibility index (Phi) is 6.81. The Morgan fingerprint density at radius 2 is 1.80 bits per heavy atom. The predicted octanol–water partition coefficient (Wildman–Crippen LogP) is 6.00. The number of amides is 1. The maximum atomic E-state index is 12.8. The van der Waals surface area contributed by atoms with E-state index in [1.54, 1.807) is 19.8 Å². The Balaban J connectivity index is 1.16. The Bertz CT molecular complexity index is 1210. The van der Waals surface area contributed by atoms with Gasteiger partial charge in [0.05, 0.1) is 11.7 Å². The number of aliphatic hydroxyl groups is 2. The maximum absolute atomic E-state index is 12.8. The summed E-state index contributed by atoms with van der Waals surface area (Å²) in [7, 11) is 0. The molecule has 3 radical (unpaired) electrons. The largest absolute Gasteiger partial charge is 0.456 e. The van der Waals surface area contributed by atoms with Crippen LogP contribution in [0, 0.1) is 63.0 Å². The normalized spacial score (nSPS) is 47.2. The van der Waals surface area contributed by atoms with Crippen LogP contribution in [0.15, 0.2) is 0 Å². The average molecular weight is 613 g/mol. The fourth-order valence-electron chi connectivity index (χ4n) is 12.3. The van der Waals surface area contributed by atoms with E-state index in [1.807, 2.05) is 4.90 Å². The molecule has 0 bridgehead atoms. The second-order valence-corrected chi connectivity index (χ2v) is 17.4. The highest BCUT2D eigenvalue weighted by molar-refractivity contribution is 5.68. The molecule has 8 heteroatoms. The third-order valence-electron chi connectivity index (χ3n) is 14.6. The van der Waals surface area contributed by atoms with Gasteiger partial charge in [-0.1, -0.05) is 34.6 Å². The number of esters is 1. The number of ether oxygens (including phenoxy) is 3. The lowest BCUT2D eigenvalue weighted by Crippen LogP contribution is -2.59. The van der Waals surface area contributed by atoms with Gasteiger partial charge in [-0.05, 0) is 106 Å². The van der Waals surface area contributed by atoms with Gasteiger partial charge < -0.3 is 29.3 Å². The Morgan fingerprint density at radius 1 is 1.09 bits per heavy atom. The topological polar surface area (TPSA) is 106 Å². The lowest BCUT2D eigenvalue weighted by molar-refractivity contribution is -0.171. The number of aliphatic hydroxyl groups excluding tert-OH is 1. The standard InChI is InChI=1S/C36H54NO7/c1-20-18-22(29(32(5,6)41)42-21(2)38)43-27-26(20)33(7)14-15-36-19-35(36)13-12-25(44-30(40)37-16-9-17-37)31(3,4)23(35)10-11-24(36)34(33,8)28(27)39/h20,23,25-26,28-29,39,41H,9-19H2,1-8H3/t20-,23+,25?,26+,28+,29+,33-,34-,35-,36+/m1/s1. The van der Waals surface area contributed by atoms with Gasteiger partial charge >= 0.3 is 12.1 Å². The van der Waals surface area contributed by atoms with Gasteiger partial charge in [0.25, 0.3) is 0 Å². The molecule has 10 atom stereocenters. The van der Waals surface area contributed by atoms with E-state index in [4.69, 9.17) is 14.2 Å². The predicted molar refractivity (Wildman–Crippen MR) is 163 cm³/mol. The summed E-state index contributed by atoms with van der Waals surface area (Å²) < 4.78 is 18.4. The molecule has 245 valence electrons. The Morgan fingerprint density at radius 3 is 2.41 bits per heavy atom. The first-order chi connectivity index (χ1) is 20.4. The molecule has 2 saturated heterocycles. The second kappa shape index (κ2) is 9.59. The molecule has 1 amide bonds. The van der Waals surface area contributed by atoms with Crippen molar-refractivity contribution in [1.82, 2.24) is 4.90 Å². The number of hydrogen-bond donors (Lipinski definition) is 2. The minimum atomic E-state index is -1.31. The summed E-state index contributed by atoms with van der Waals surface area (Å²) in [4.78, 5) is 26.7. The van der Waals surface area contributed by atoms with Crippen molar-refractivity contribution in [3.05, 3.63) is 18.1 Å². The Labute approximate surface area is 263 Å². The van der Waals surface area contributed by atoms with Gasteiger partial charge in [0.1, 0.15) is 18.3 Å². The summed E-state index contributed by atoms with van der Waals surface area (Å²) in [5, 5.41) is 23.4. The van der Waals surface area contributed by atoms with Gasteiger partial charge in [0, 0.05) is 36.8 Å². The summed E-state index contributed by atoms with van der Waals surface area (Å²) in [6, 6.07) is 0. The van der Waals surface area contributed by atoms with E-state index < -0.39 is 29.2 Å². The number of likely N-dealkylation sites (tertiary alicyclic amines) is 1. The summed E-state index contributed by atoms with van der Waals surface area (Å²) in [5.74, 6) is 1.82. The Hall–Kier alpha value is -1.38. The summed E-state index contributed by atoms with van der Waals surface area (Å²) in [6.45, 7) is 17.8. The van der Waals surface area contributed by atoms with Crippen molar-refractivity contribution >= 4 is 12.1 Å². The van der Waals surface area contributed by atoms with Crippen molar-refractivity contribution < 1.29 is 34.0 Å². The third kappa shape index (κ3) is 3.85. The van der Waals surface area contributed by atoms with E-state index in [-0.39, 0.29) is 45.7 Å². The summed E-state index contributed by atoms with van der Waals surface area (Å²) >= 11 is 0. The minimum absolute atomic E-state index is 0.0606. The molecule has 0 aromatic rings. The van der Waals surface area contributed by atoms with Crippen molar-refractivity contribution in [2.24, 2.45) is 44.8 Å². The molecule has 7 aliphatic rings. The lowest BCUT2D eigenvalue weighted by atomic mass is 9.41. The maximum Gasteiger partial charge on any atom is 0.410 e. The van der Waals surface area contributed by atoms with Crippen molar-refractivity contribution in [2.75, 3.05) is 13.1 Å². The molecule has 5 saturated carbocycles. The van der Waals surface area contributed by atoms with E-state index in [0.29, 0.717) is 24.5 Å². The molecule has 0 aromatic carbocycles. The zero-order chi connectivity index (χ0) is 31.8. The second-order valence-electron chi connectivity index (χ2n) is 17.4. The highest BCUT2D eigenvalue weighted by atomic mass is 16.6. The molecule has 1 unspecified atom stereocenters. The first kappa shape index (κ1) is 31.2. The van der Waals surface area contributed by atoms with Crippen LogP contribution in [-0.4, -0.2) is 64.2 Å². The van der Waals surface area contributed by atoms with Crippen LogP contribution in [0.2, 0.25) is 0 Å². The first-order valence-electron chi connectivity index (χ1n) is 17.2. The van der Waals surface area contributed by atoms with Crippen LogP contribution < -0.4 is 0 Å². The molecule has 5 aliphatic carbocycles. The van der Waals surface area contributed by atoms with E-state index in [2.05, 4.69) is 34.6 Å². The number of hydrogen-bond acceptors (Lipinski definition) is 7.